The summed E-state index contributed by atoms with van der Waals surface area (Å²) in [6, 6.07) is 9.44. The normalized spacial score (nSPS) is 20.9. The fourth-order valence-electron chi connectivity index (χ4n) is 2.81. The van der Waals surface area contributed by atoms with E-state index in [2.05, 4.69) is 48.5 Å². The third kappa shape index (κ3) is 3.49. The van der Waals surface area contributed by atoms with Gasteiger partial charge in [-0.2, -0.15) is 0 Å². The van der Waals surface area contributed by atoms with Gasteiger partial charge in [0.1, 0.15) is 0 Å². The quantitative estimate of drug-likeness (QED) is 0.855. The molecular weight excluding hydrogens is 220 g/mol. The van der Waals surface area contributed by atoms with Gasteiger partial charge in [-0.1, -0.05) is 38.0 Å². The number of likely N-dealkylation sites (tertiary alicyclic amines) is 1. The van der Waals surface area contributed by atoms with Crippen molar-refractivity contribution in [3.8, 4) is 0 Å². The highest BCUT2D eigenvalue weighted by Crippen LogP contribution is 2.19. The molecule has 1 aliphatic heterocycles. The highest BCUT2D eigenvalue weighted by atomic mass is 15.2. The first kappa shape index (κ1) is 13.4. The minimum Gasteiger partial charge on any atom is -0.383 e. The lowest BCUT2D eigenvalue weighted by atomic mass is 10.0. The fraction of sp³-hybridized carbons (Fsp3) is 0.625. The Morgan fingerprint density at radius 3 is 2.89 bits per heavy atom. The Labute approximate surface area is 111 Å². The third-order valence-corrected chi connectivity index (χ3v) is 3.99. The van der Waals surface area contributed by atoms with Crippen LogP contribution in [-0.4, -0.2) is 31.1 Å². The monoisotopic (exact) mass is 246 g/mol. The van der Waals surface area contributed by atoms with Crippen LogP contribution in [0.1, 0.15) is 38.2 Å². The third-order valence-electron chi connectivity index (χ3n) is 3.99. The first-order valence-electron chi connectivity index (χ1n) is 7.33. The van der Waals surface area contributed by atoms with Gasteiger partial charge in [0.2, 0.25) is 0 Å². The van der Waals surface area contributed by atoms with Crippen LogP contribution < -0.4 is 5.32 Å². The van der Waals surface area contributed by atoms with Crippen LogP contribution >= 0.6 is 0 Å². The summed E-state index contributed by atoms with van der Waals surface area (Å²) in [6.07, 6.45) is 6.46. The van der Waals surface area contributed by atoms with Gasteiger partial charge in [-0.05, 0) is 44.5 Å². The summed E-state index contributed by atoms with van der Waals surface area (Å²) in [6.45, 7) is 4.58. The maximum absolute atomic E-state index is 3.66. The van der Waals surface area contributed by atoms with Crippen molar-refractivity contribution in [2.45, 2.75) is 45.1 Å². The Morgan fingerprint density at radius 1 is 1.28 bits per heavy atom. The highest BCUT2D eigenvalue weighted by Gasteiger charge is 2.18. The Hall–Kier alpha value is -1.02. The Bertz CT molecular complexity index is 362. The van der Waals surface area contributed by atoms with E-state index in [0.717, 1.165) is 6.54 Å². The topological polar surface area (TPSA) is 15.3 Å². The fourth-order valence-corrected chi connectivity index (χ4v) is 2.81. The number of anilines is 1. The summed E-state index contributed by atoms with van der Waals surface area (Å²) >= 11 is 0. The lowest BCUT2D eigenvalue weighted by Crippen LogP contribution is -2.40. The number of benzene rings is 1. The maximum atomic E-state index is 3.66. The molecule has 0 aromatic heterocycles. The molecule has 18 heavy (non-hydrogen) atoms. The van der Waals surface area contributed by atoms with Gasteiger partial charge in [0.15, 0.2) is 0 Å². The van der Waals surface area contributed by atoms with Crippen LogP contribution in [0.4, 0.5) is 5.69 Å². The average Bonchev–Trinajstić information content (AvgIpc) is 2.40. The highest BCUT2D eigenvalue weighted by molar-refractivity contribution is 5.51. The second-order valence-corrected chi connectivity index (χ2v) is 5.42. The molecule has 2 rings (SSSR count). The van der Waals surface area contributed by atoms with Crippen LogP contribution in [0, 0.1) is 0 Å². The van der Waals surface area contributed by atoms with E-state index in [9.17, 15) is 0 Å². The van der Waals surface area contributed by atoms with E-state index in [1.807, 2.05) is 0 Å². The largest absolute Gasteiger partial charge is 0.383 e. The zero-order valence-electron chi connectivity index (χ0n) is 11.8. The number of piperidine rings is 1. The van der Waals surface area contributed by atoms with Crippen molar-refractivity contribution in [1.29, 1.82) is 0 Å². The van der Waals surface area contributed by atoms with Gasteiger partial charge >= 0.3 is 0 Å². The average molecular weight is 246 g/mol. The van der Waals surface area contributed by atoms with Gasteiger partial charge < -0.3 is 10.2 Å². The van der Waals surface area contributed by atoms with Crippen molar-refractivity contribution in [3.05, 3.63) is 29.8 Å². The molecule has 0 saturated carbocycles. The number of likely N-dealkylation sites (N-methyl/N-ethyl adjacent to an activating group) is 1. The summed E-state index contributed by atoms with van der Waals surface area (Å²) in [5, 5.41) is 3.66. The predicted octanol–water partition coefficient (Wildman–Crippen LogP) is 3.54. The molecule has 0 amide bonds. The van der Waals surface area contributed by atoms with Crippen molar-refractivity contribution in [1.82, 2.24) is 4.90 Å². The molecule has 1 unspecified atom stereocenters. The number of nitrogens with one attached hydrogen (secondary N) is 1. The standard InChI is InChI=1S/C16H26N2/c1-3-8-14-9-4-5-11-16(14)17-13-15-10-6-7-12-18(15)2/h4-5,9,11,15,17H,3,6-8,10,12-13H2,1-2H3. The molecule has 1 N–H and O–H groups in total. The number of hydrogen-bond acceptors (Lipinski definition) is 2. The first-order valence-corrected chi connectivity index (χ1v) is 7.33. The van der Waals surface area contributed by atoms with E-state index in [1.54, 1.807) is 0 Å². The summed E-state index contributed by atoms with van der Waals surface area (Å²) in [4.78, 5) is 2.50. The van der Waals surface area contributed by atoms with Crippen molar-refractivity contribution >= 4 is 5.69 Å². The predicted molar refractivity (Wildman–Crippen MR) is 79.2 cm³/mol. The number of rotatable bonds is 5. The van der Waals surface area contributed by atoms with Crippen molar-refractivity contribution in [2.24, 2.45) is 0 Å². The summed E-state index contributed by atoms with van der Waals surface area (Å²) < 4.78 is 0. The SMILES string of the molecule is CCCc1ccccc1NCC1CCCCN1C. The lowest BCUT2D eigenvalue weighted by molar-refractivity contribution is 0.194. The molecule has 0 aliphatic carbocycles. The van der Waals surface area contributed by atoms with Gasteiger partial charge in [0.05, 0.1) is 0 Å². The molecule has 2 heteroatoms. The summed E-state index contributed by atoms with van der Waals surface area (Å²) in [5.41, 5.74) is 2.79. The van der Waals surface area contributed by atoms with Crippen LogP contribution in [0.3, 0.4) is 0 Å². The lowest BCUT2D eigenvalue weighted by Gasteiger charge is -2.33. The van der Waals surface area contributed by atoms with E-state index in [4.69, 9.17) is 0 Å². The molecule has 0 radical (unpaired) electrons. The molecule has 0 bridgehead atoms. The minimum atomic E-state index is 0.702. The van der Waals surface area contributed by atoms with E-state index in [-0.39, 0.29) is 0 Å². The zero-order valence-corrected chi connectivity index (χ0v) is 11.8. The molecule has 1 saturated heterocycles. The van der Waals surface area contributed by atoms with Gasteiger partial charge in [-0.3, -0.25) is 0 Å². The van der Waals surface area contributed by atoms with Gasteiger partial charge in [-0.15, -0.1) is 0 Å². The summed E-state index contributed by atoms with van der Waals surface area (Å²) in [7, 11) is 2.25. The summed E-state index contributed by atoms with van der Waals surface area (Å²) in [5.74, 6) is 0. The number of hydrogen-bond donors (Lipinski definition) is 1. The molecule has 1 heterocycles. The Balaban J connectivity index is 1.92. The van der Waals surface area contributed by atoms with Crippen LogP contribution in [0.25, 0.3) is 0 Å². The molecule has 1 fully saturated rings. The smallest absolute Gasteiger partial charge is 0.0373 e. The van der Waals surface area contributed by atoms with Crippen LogP contribution in [-0.2, 0) is 6.42 Å². The van der Waals surface area contributed by atoms with Crippen molar-refractivity contribution in [3.63, 3.8) is 0 Å². The van der Waals surface area contributed by atoms with Crippen molar-refractivity contribution in [2.75, 3.05) is 25.5 Å². The number of aryl methyl sites for hydroxylation is 1. The second kappa shape index (κ2) is 6.79. The minimum absolute atomic E-state index is 0.702. The molecule has 100 valence electrons. The molecule has 1 aromatic carbocycles. The Kier molecular flexibility index (Phi) is 5.06. The van der Waals surface area contributed by atoms with Gasteiger partial charge in [-0.25, -0.2) is 0 Å². The first-order chi connectivity index (χ1) is 8.81. The van der Waals surface area contributed by atoms with Crippen LogP contribution in [0.15, 0.2) is 24.3 Å². The van der Waals surface area contributed by atoms with Crippen molar-refractivity contribution < 1.29 is 0 Å². The molecule has 2 nitrogen and oxygen atoms in total. The van der Waals surface area contributed by atoms with Gasteiger partial charge in [0, 0.05) is 18.3 Å². The molecule has 1 aliphatic rings. The van der Waals surface area contributed by atoms with Gasteiger partial charge in [0.25, 0.3) is 0 Å². The Morgan fingerprint density at radius 2 is 2.11 bits per heavy atom. The zero-order chi connectivity index (χ0) is 12.8. The maximum Gasteiger partial charge on any atom is 0.0373 e. The molecule has 1 atom stereocenters. The van der Waals surface area contributed by atoms with Crippen LogP contribution in [0.2, 0.25) is 0 Å². The van der Waals surface area contributed by atoms with E-state index in [0.29, 0.717) is 6.04 Å². The van der Waals surface area contributed by atoms with Crippen LogP contribution in [0.5, 0.6) is 0 Å². The van der Waals surface area contributed by atoms with E-state index >= 15 is 0 Å². The van der Waals surface area contributed by atoms with E-state index in [1.165, 1.54) is 49.9 Å². The number of para-hydroxylation sites is 1. The molecular formula is C16H26N2. The number of nitrogens with zero attached hydrogens (tertiary/aromatic N) is 1. The molecule has 1 aromatic rings. The molecule has 0 spiro atoms. The second-order valence-electron chi connectivity index (χ2n) is 5.42. The van der Waals surface area contributed by atoms with E-state index < -0.39 is 0 Å².